The van der Waals surface area contributed by atoms with Gasteiger partial charge < -0.3 is 15.4 Å². The van der Waals surface area contributed by atoms with Gasteiger partial charge in [0.25, 0.3) is 0 Å². The third kappa shape index (κ3) is 3.60. The predicted octanol–water partition coefficient (Wildman–Crippen LogP) is 3.46. The van der Waals surface area contributed by atoms with Crippen LogP contribution in [0.2, 0.25) is 0 Å². The van der Waals surface area contributed by atoms with Crippen molar-refractivity contribution in [3.8, 4) is 5.75 Å². The number of hydrogen-bond donors (Lipinski definition) is 2. The highest BCUT2D eigenvalue weighted by Gasteiger charge is 2.10. The van der Waals surface area contributed by atoms with Crippen molar-refractivity contribution in [1.29, 1.82) is 0 Å². The summed E-state index contributed by atoms with van der Waals surface area (Å²) in [6.07, 6.45) is 0.730. The number of anilines is 2. The number of hydrogen-bond acceptors (Lipinski definition) is 3. The molecule has 0 aliphatic rings. The van der Waals surface area contributed by atoms with E-state index >= 15 is 0 Å². The minimum absolute atomic E-state index is 0.398. The average Bonchev–Trinajstić information content (AvgIpc) is 2.49. The van der Waals surface area contributed by atoms with Crippen molar-refractivity contribution in [2.75, 3.05) is 17.7 Å². The van der Waals surface area contributed by atoms with Crippen LogP contribution in [-0.4, -0.2) is 19.4 Å². The van der Waals surface area contributed by atoms with Crippen LogP contribution in [0.25, 0.3) is 0 Å². The molecule has 2 rings (SSSR count). The zero-order valence-corrected chi connectivity index (χ0v) is 11.8. The second-order valence-corrected chi connectivity index (χ2v) is 4.47. The SMILES string of the molecule is COc1cccc(C)c1NC(=O)Nc1cccc(C=O)c1. The van der Waals surface area contributed by atoms with Gasteiger partial charge in [0.05, 0.1) is 12.8 Å². The van der Waals surface area contributed by atoms with Crippen molar-refractivity contribution in [2.45, 2.75) is 6.92 Å². The molecule has 21 heavy (non-hydrogen) atoms. The first-order valence-electron chi connectivity index (χ1n) is 6.41. The molecule has 2 N–H and O–H groups in total. The lowest BCUT2D eigenvalue weighted by atomic mass is 10.2. The molecule has 0 atom stereocenters. The predicted molar refractivity (Wildman–Crippen MR) is 82.2 cm³/mol. The number of rotatable bonds is 4. The van der Waals surface area contributed by atoms with Gasteiger partial charge in [-0.25, -0.2) is 4.79 Å². The van der Waals surface area contributed by atoms with E-state index in [2.05, 4.69) is 10.6 Å². The molecule has 0 bridgehead atoms. The fourth-order valence-corrected chi connectivity index (χ4v) is 1.94. The second kappa shape index (κ2) is 6.56. The Balaban J connectivity index is 2.13. The first-order chi connectivity index (χ1) is 10.1. The minimum atomic E-state index is -0.398. The highest BCUT2D eigenvalue weighted by molar-refractivity contribution is 6.01. The Hall–Kier alpha value is -2.82. The number of aryl methyl sites for hydroxylation is 1. The van der Waals surface area contributed by atoms with Gasteiger partial charge in [-0.15, -0.1) is 0 Å². The maximum Gasteiger partial charge on any atom is 0.323 e. The Morgan fingerprint density at radius 1 is 1.14 bits per heavy atom. The molecule has 5 heteroatoms. The summed E-state index contributed by atoms with van der Waals surface area (Å²) < 4.78 is 5.22. The van der Waals surface area contributed by atoms with E-state index in [0.29, 0.717) is 22.7 Å². The Bertz CT molecular complexity index is 668. The standard InChI is InChI=1S/C16H16N2O3/c1-11-5-3-8-14(21-2)15(11)18-16(20)17-13-7-4-6-12(9-13)10-19/h3-10H,1-2H3,(H2,17,18,20). The maximum atomic E-state index is 12.0. The van der Waals surface area contributed by atoms with Crippen molar-refractivity contribution in [1.82, 2.24) is 0 Å². The third-order valence-corrected chi connectivity index (χ3v) is 2.97. The third-order valence-electron chi connectivity index (χ3n) is 2.97. The largest absolute Gasteiger partial charge is 0.495 e. The number of methoxy groups -OCH3 is 1. The molecule has 0 aliphatic carbocycles. The molecule has 108 valence electrons. The first kappa shape index (κ1) is 14.6. The topological polar surface area (TPSA) is 67.4 Å². The van der Waals surface area contributed by atoms with Gasteiger partial charge in [-0.1, -0.05) is 24.3 Å². The molecular formula is C16H16N2O3. The molecule has 0 spiro atoms. The van der Waals surface area contributed by atoms with Gasteiger partial charge >= 0.3 is 6.03 Å². The second-order valence-electron chi connectivity index (χ2n) is 4.47. The zero-order chi connectivity index (χ0) is 15.2. The fourth-order valence-electron chi connectivity index (χ4n) is 1.94. The van der Waals surface area contributed by atoms with Gasteiger partial charge in [0.2, 0.25) is 0 Å². The summed E-state index contributed by atoms with van der Waals surface area (Å²) in [5.74, 6) is 0.590. The number of carbonyl (C=O) groups is 2. The Morgan fingerprint density at radius 3 is 2.62 bits per heavy atom. The number of carbonyl (C=O) groups excluding carboxylic acids is 2. The Labute approximate surface area is 122 Å². The molecule has 0 radical (unpaired) electrons. The van der Waals surface area contributed by atoms with Crippen LogP contribution in [0.5, 0.6) is 5.75 Å². The molecule has 2 aromatic rings. The summed E-state index contributed by atoms with van der Waals surface area (Å²) in [6, 6.07) is 11.8. The zero-order valence-electron chi connectivity index (χ0n) is 11.8. The summed E-state index contributed by atoms with van der Waals surface area (Å²) in [5, 5.41) is 5.43. The highest BCUT2D eigenvalue weighted by atomic mass is 16.5. The molecule has 0 saturated heterocycles. The molecule has 5 nitrogen and oxygen atoms in total. The Kier molecular flexibility index (Phi) is 4.56. The summed E-state index contributed by atoms with van der Waals surface area (Å²) in [6.45, 7) is 1.88. The Morgan fingerprint density at radius 2 is 1.90 bits per heavy atom. The fraction of sp³-hybridized carbons (Fsp3) is 0.125. The van der Waals surface area contributed by atoms with Crippen LogP contribution < -0.4 is 15.4 Å². The highest BCUT2D eigenvalue weighted by Crippen LogP contribution is 2.27. The molecule has 0 fully saturated rings. The van der Waals surface area contributed by atoms with E-state index in [1.807, 2.05) is 19.1 Å². The minimum Gasteiger partial charge on any atom is -0.495 e. The number of para-hydroxylation sites is 1. The van der Waals surface area contributed by atoms with E-state index in [-0.39, 0.29) is 0 Å². The van der Waals surface area contributed by atoms with Crippen LogP contribution in [-0.2, 0) is 0 Å². The average molecular weight is 284 g/mol. The van der Waals surface area contributed by atoms with Crippen molar-refractivity contribution in [3.63, 3.8) is 0 Å². The first-order valence-corrected chi connectivity index (χ1v) is 6.41. The van der Waals surface area contributed by atoms with E-state index in [4.69, 9.17) is 4.74 Å². The molecular weight excluding hydrogens is 268 g/mol. The molecule has 2 amide bonds. The molecule has 0 aromatic heterocycles. The number of aldehydes is 1. The normalized spacial score (nSPS) is 9.81. The lowest BCUT2D eigenvalue weighted by Gasteiger charge is -2.13. The molecule has 0 aliphatic heterocycles. The lowest BCUT2D eigenvalue weighted by Crippen LogP contribution is -2.20. The van der Waals surface area contributed by atoms with Crippen molar-refractivity contribution >= 4 is 23.7 Å². The number of benzene rings is 2. The van der Waals surface area contributed by atoms with E-state index in [9.17, 15) is 9.59 Å². The van der Waals surface area contributed by atoms with Crippen LogP contribution in [0.3, 0.4) is 0 Å². The van der Waals surface area contributed by atoms with Crippen LogP contribution in [0.1, 0.15) is 15.9 Å². The quantitative estimate of drug-likeness (QED) is 0.845. The van der Waals surface area contributed by atoms with Gasteiger partial charge in [0, 0.05) is 11.3 Å². The van der Waals surface area contributed by atoms with Crippen LogP contribution in [0.15, 0.2) is 42.5 Å². The monoisotopic (exact) mass is 284 g/mol. The molecule has 0 saturated carbocycles. The number of urea groups is 1. The van der Waals surface area contributed by atoms with Crippen molar-refractivity contribution < 1.29 is 14.3 Å². The van der Waals surface area contributed by atoms with Gasteiger partial charge in [-0.2, -0.15) is 0 Å². The smallest absolute Gasteiger partial charge is 0.323 e. The van der Waals surface area contributed by atoms with Gasteiger partial charge in [0.1, 0.15) is 12.0 Å². The van der Waals surface area contributed by atoms with Crippen LogP contribution in [0, 0.1) is 6.92 Å². The summed E-state index contributed by atoms with van der Waals surface area (Å²) in [4.78, 5) is 22.8. The van der Waals surface area contributed by atoms with Crippen LogP contribution >= 0.6 is 0 Å². The number of ether oxygens (including phenoxy) is 1. The number of amides is 2. The van der Waals surface area contributed by atoms with E-state index in [1.54, 1.807) is 37.4 Å². The molecule has 0 heterocycles. The van der Waals surface area contributed by atoms with E-state index in [0.717, 1.165) is 11.8 Å². The van der Waals surface area contributed by atoms with E-state index < -0.39 is 6.03 Å². The number of nitrogens with one attached hydrogen (secondary N) is 2. The van der Waals surface area contributed by atoms with Crippen molar-refractivity contribution in [3.05, 3.63) is 53.6 Å². The maximum absolute atomic E-state index is 12.0. The lowest BCUT2D eigenvalue weighted by molar-refractivity contribution is 0.112. The summed E-state index contributed by atoms with van der Waals surface area (Å²) in [5.41, 5.74) is 2.56. The van der Waals surface area contributed by atoms with Gasteiger partial charge in [-0.3, -0.25) is 4.79 Å². The van der Waals surface area contributed by atoms with Gasteiger partial charge in [-0.05, 0) is 30.7 Å². The van der Waals surface area contributed by atoms with E-state index in [1.165, 1.54) is 0 Å². The molecule has 0 unspecified atom stereocenters. The summed E-state index contributed by atoms with van der Waals surface area (Å²) >= 11 is 0. The van der Waals surface area contributed by atoms with Gasteiger partial charge in [0.15, 0.2) is 0 Å². The summed E-state index contributed by atoms with van der Waals surface area (Å²) in [7, 11) is 1.55. The molecule has 2 aromatic carbocycles. The van der Waals surface area contributed by atoms with Crippen LogP contribution in [0.4, 0.5) is 16.2 Å². The van der Waals surface area contributed by atoms with Crippen molar-refractivity contribution in [2.24, 2.45) is 0 Å².